The Morgan fingerprint density at radius 2 is 1.86 bits per heavy atom. The van der Waals surface area contributed by atoms with Crippen LogP contribution in [0.4, 0.5) is 0 Å². The summed E-state index contributed by atoms with van der Waals surface area (Å²) in [5.74, 6) is -3.46. The highest BCUT2D eigenvalue weighted by atomic mass is 16.6. The molecule has 0 saturated heterocycles. The lowest BCUT2D eigenvalue weighted by Crippen LogP contribution is -2.29. The van der Waals surface area contributed by atoms with Crippen LogP contribution >= 0.6 is 0 Å². The number of carbonyl (C=O) groups excluding carboxylic acids is 1. The summed E-state index contributed by atoms with van der Waals surface area (Å²) < 4.78 is 4.44. The van der Waals surface area contributed by atoms with Gasteiger partial charge in [0.2, 0.25) is 6.10 Å². The molecule has 0 aromatic heterocycles. The van der Waals surface area contributed by atoms with Gasteiger partial charge in [0.1, 0.15) is 0 Å². The van der Waals surface area contributed by atoms with E-state index in [4.69, 9.17) is 10.2 Å². The molecule has 2 N–H and O–H groups in total. The maximum absolute atomic E-state index is 10.9. The van der Waals surface area contributed by atoms with Gasteiger partial charge in [0, 0.05) is 6.42 Å². The zero-order chi connectivity index (χ0) is 11.1. The Morgan fingerprint density at radius 3 is 2.21 bits per heavy atom. The Morgan fingerprint density at radius 1 is 1.29 bits per heavy atom. The smallest absolute Gasteiger partial charge is 0.345 e. The van der Waals surface area contributed by atoms with E-state index in [1.165, 1.54) is 0 Å². The predicted molar refractivity (Wildman–Crippen MR) is 44.7 cm³/mol. The van der Waals surface area contributed by atoms with Crippen molar-refractivity contribution < 1.29 is 29.3 Å². The van der Waals surface area contributed by atoms with E-state index in [1.807, 2.05) is 0 Å². The van der Waals surface area contributed by atoms with Gasteiger partial charge in [-0.05, 0) is 6.42 Å². The first-order chi connectivity index (χ1) is 6.47. The minimum absolute atomic E-state index is 0.0867. The van der Waals surface area contributed by atoms with Crippen molar-refractivity contribution >= 4 is 17.9 Å². The predicted octanol–water partition coefficient (Wildman–Crippen LogP) is 0.258. The normalized spacial score (nSPS) is 11.8. The number of ether oxygens (including phenoxy) is 1. The van der Waals surface area contributed by atoms with Gasteiger partial charge >= 0.3 is 17.9 Å². The number of carbonyl (C=O) groups is 3. The number of hydrogen-bond acceptors (Lipinski definition) is 4. The third-order valence-corrected chi connectivity index (χ3v) is 1.36. The Bertz CT molecular complexity index is 234. The second-order valence-corrected chi connectivity index (χ2v) is 2.66. The minimum atomic E-state index is -1.59. The molecule has 0 amide bonds. The van der Waals surface area contributed by atoms with Gasteiger partial charge in [-0.25, -0.2) is 4.79 Å². The van der Waals surface area contributed by atoms with E-state index in [2.05, 4.69) is 4.74 Å². The highest BCUT2D eigenvalue weighted by molar-refractivity contribution is 5.82. The lowest BCUT2D eigenvalue weighted by Gasteiger charge is -2.10. The summed E-state index contributed by atoms with van der Waals surface area (Å²) in [7, 11) is 0. The molecule has 0 bridgehead atoms. The molecule has 0 fully saturated rings. The van der Waals surface area contributed by atoms with E-state index in [0.29, 0.717) is 6.42 Å². The zero-order valence-corrected chi connectivity index (χ0v) is 7.73. The number of carboxylic acid groups (broad SMARTS) is 2. The molecular formula is C8H12O6. The van der Waals surface area contributed by atoms with Crippen molar-refractivity contribution in [1.29, 1.82) is 0 Å². The van der Waals surface area contributed by atoms with Gasteiger partial charge in [0.15, 0.2) is 0 Å². The molecule has 0 aromatic rings. The molecule has 0 aliphatic carbocycles. The fourth-order valence-corrected chi connectivity index (χ4v) is 0.760. The molecule has 0 saturated carbocycles. The van der Waals surface area contributed by atoms with Crippen LogP contribution in [0.25, 0.3) is 0 Å². The molecule has 0 aromatic carbocycles. The average molecular weight is 204 g/mol. The highest BCUT2D eigenvalue weighted by Gasteiger charge is 2.24. The highest BCUT2D eigenvalue weighted by Crippen LogP contribution is 2.02. The molecule has 0 aliphatic rings. The van der Waals surface area contributed by atoms with Gasteiger partial charge in [-0.2, -0.15) is 0 Å². The molecule has 0 aliphatic heterocycles. The molecule has 0 spiro atoms. The first-order valence-electron chi connectivity index (χ1n) is 4.11. The summed E-state index contributed by atoms with van der Waals surface area (Å²) in [4.78, 5) is 31.5. The van der Waals surface area contributed by atoms with E-state index < -0.39 is 30.4 Å². The topological polar surface area (TPSA) is 101 Å². The van der Waals surface area contributed by atoms with Crippen molar-refractivity contribution in [3.63, 3.8) is 0 Å². The fourth-order valence-electron chi connectivity index (χ4n) is 0.760. The van der Waals surface area contributed by atoms with Gasteiger partial charge in [-0.15, -0.1) is 0 Å². The number of rotatable bonds is 6. The number of esters is 1. The van der Waals surface area contributed by atoms with Crippen LogP contribution in [0.5, 0.6) is 0 Å². The monoisotopic (exact) mass is 204 g/mol. The van der Waals surface area contributed by atoms with Crippen LogP contribution < -0.4 is 0 Å². The molecule has 0 rings (SSSR count). The summed E-state index contributed by atoms with van der Waals surface area (Å²) >= 11 is 0. The first-order valence-corrected chi connectivity index (χ1v) is 4.11. The molecular weight excluding hydrogens is 192 g/mol. The average Bonchev–Trinajstić information content (AvgIpc) is 2.02. The standard InChI is InChI=1S/C8H12O6/c1-2-3-7(11)14-5(8(12)13)4-6(9)10/h5H,2-4H2,1H3,(H,9,10)(H,12,13)/t5-/m0/s1. The third kappa shape index (κ3) is 5.13. The maximum atomic E-state index is 10.9. The van der Waals surface area contributed by atoms with Gasteiger partial charge in [-0.1, -0.05) is 6.92 Å². The van der Waals surface area contributed by atoms with Crippen LogP contribution in [0.3, 0.4) is 0 Å². The van der Waals surface area contributed by atoms with E-state index in [1.54, 1.807) is 6.92 Å². The molecule has 14 heavy (non-hydrogen) atoms. The number of aliphatic carboxylic acids is 2. The summed E-state index contributed by atoms with van der Waals surface area (Å²) in [6.45, 7) is 1.73. The van der Waals surface area contributed by atoms with Crippen LogP contribution in [0, 0.1) is 0 Å². The van der Waals surface area contributed by atoms with Gasteiger partial charge in [0.25, 0.3) is 0 Å². The van der Waals surface area contributed by atoms with Crippen molar-refractivity contribution in [2.45, 2.75) is 32.3 Å². The lowest BCUT2D eigenvalue weighted by molar-refractivity contribution is -0.167. The molecule has 1 atom stereocenters. The van der Waals surface area contributed by atoms with E-state index in [-0.39, 0.29) is 6.42 Å². The molecule has 80 valence electrons. The van der Waals surface area contributed by atoms with E-state index in [9.17, 15) is 14.4 Å². The second kappa shape index (κ2) is 5.95. The van der Waals surface area contributed by atoms with Crippen LogP contribution in [-0.4, -0.2) is 34.2 Å². The van der Waals surface area contributed by atoms with Gasteiger partial charge in [-0.3, -0.25) is 9.59 Å². The molecule has 0 heterocycles. The molecule has 6 nitrogen and oxygen atoms in total. The summed E-state index contributed by atoms with van der Waals surface area (Å²) in [6.07, 6.45) is -1.70. The quantitative estimate of drug-likeness (QED) is 0.601. The van der Waals surface area contributed by atoms with E-state index >= 15 is 0 Å². The zero-order valence-electron chi connectivity index (χ0n) is 7.73. The summed E-state index contributed by atoms with van der Waals surface area (Å²) in [6, 6.07) is 0. The SMILES string of the molecule is CCCC(=O)O[C@@H](CC(=O)O)C(=O)O. The van der Waals surface area contributed by atoms with Gasteiger partial charge in [0.05, 0.1) is 6.42 Å². The Balaban J connectivity index is 4.16. The Hall–Kier alpha value is -1.59. The van der Waals surface area contributed by atoms with Crippen molar-refractivity contribution in [3.8, 4) is 0 Å². The fraction of sp³-hybridized carbons (Fsp3) is 0.625. The third-order valence-electron chi connectivity index (χ3n) is 1.36. The van der Waals surface area contributed by atoms with Crippen LogP contribution in [-0.2, 0) is 19.1 Å². The molecule has 0 radical (unpaired) electrons. The first kappa shape index (κ1) is 12.4. The van der Waals surface area contributed by atoms with Crippen molar-refractivity contribution in [3.05, 3.63) is 0 Å². The lowest BCUT2D eigenvalue weighted by atomic mass is 10.2. The van der Waals surface area contributed by atoms with Crippen molar-refractivity contribution in [2.24, 2.45) is 0 Å². The van der Waals surface area contributed by atoms with E-state index in [0.717, 1.165) is 0 Å². The van der Waals surface area contributed by atoms with Crippen molar-refractivity contribution in [1.82, 2.24) is 0 Å². The van der Waals surface area contributed by atoms with Crippen LogP contribution in [0.2, 0.25) is 0 Å². The summed E-state index contributed by atoms with van der Waals surface area (Å²) in [5, 5.41) is 16.8. The number of hydrogen-bond donors (Lipinski definition) is 2. The van der Waals surface area contributed by atoms with Crippen molar-refractivity contribution in [2.75, 3.05) is 0 Å². The Kier molecular flexibility index (Phi) is 5.28. The summed E-state index contributed by atoms with van der Waals surface area (Å²) in [5.41, 5.74) is 0. The molecule has 6 heteroatoms. The van der Waals surface area contributed by atoms with Crippen LogP contribution in [0.1, 0.15) is 26.2 Å². The second-order valence-electron chi connectivity index (χ2n) is 2.66. The minimum Gasteiger partial charge on any atom is -0.481 e. The number of carboxylic acids is 2. The van der Waals surface area contributed by atoms with Crippen LogP contribution in [0.15, 0.2) is 0 Å². The van der Waals surface area contributed by atoms with Gasteiger partial charge < -0.3 is 14.9 Å². The Labute approximate surface area is 80.5 Å². The maximum Gasteiger partial charge on any atom is 0.345 e. The molecule has 0 unspecified atom stereocenters. The largest absolute Gasteiger partial charge is 0.481 e.